The maximum atomic E-state index is 13.7. The Kier molecular flexibility index (Phi) is 3.60. The number of fused-ring (bicyclic) bond motifs is 1. The number of aromatic nitrogens is 2. The van der Waals surface area contributed by atoms with Gasteiger partial charge in [-0.25, -0.2) is 9.37 Å². The second-order valence-electron chi connectivity index (χ2n) is 5.71. The molecule has 1 aliphatic heterocycles. The van der Waals surface area contributed by atoms with Crippen molar-refractivity contribution >= 4 is 23.2 Å². The van der Waals surface area contributed by atoms with Crippen LogP contribution in [0, 0.1) is 5.82 Å². The number of hydrogen-bond acceptors (Lipinski definition) is 5. The maximum Gasteiger partial charge on any atom is 0.300 e. The number of oxazole rings is 1. The molecule has 0 aliphatic carbocycles. The number of rotatable bonds is 3. The Bertz CT molecular complexity index is 862. The van der Waals surface area contributed by atoms with Crippen LogP contribution in [0.5, 0.6) is 0 Å². The van der Waals surface area contributed by atoms with Crippen LogP contribution in [0.15, 0.2) is 47.0 Å². The lowest BCUT2D eigenvalue weighted by atomic mass is 10.1. The molecular formula is C17H15FN4O2. The molecule has 1 N–H and O–H groups in total. The molecule has 1 atom stereocenters. The topological polar surface area (TPSA) is 71.3 Å². The summed E-state index contributed by atoms with van der Waals surface area (Å²) in [6.45, 7) is 1.27. The minimum absolute atomic E-state index is 0.0574. The fourth-order valence-electron chi connectivity index (χ4n) is 2.85. The van der Waals surface area contributed by atoms with E-state index in [9.17, 15) is 9.18 Å². The average Bonchev–Trinajstić information content (AvgIpc) is 3.21. The molecule has 1 saturated heterocycles. The molecular weight excluding hydrogens is 311 g/mol. The van der Waals surface area contributed by atoms with Gasteiger partial charge in [-0.05, 0) is 30.7 Å². The first kappa shape index (κ1) is 14.6. The van der Waals surface area contributed by atoms with Crippen LogP contribution in [0.4, 0.5) is 10.4 Å². The molecule has 7 heteroatoms. The standard InChI is InChI=1S/C17H15FN4O2/c18-13-5-2-1-4-12(13)16(23)20-11-7-9-22(10-11)17-21-15-14(24-17)6-3-8-19-15/h1-6,8,11H,7,9-10H2,(H,20,23). The number of carbonyl (C=O) groups is 1. The van der Waals surface area contributed by atoms with E-state index in [0.29, 0.717) is 30.3 Å². The van der Waals surface area contributed by atoms with E-state index in [-0.39, 0.29) is 11.6 Å². The van der Waals surface area contributed by atoms with E-state index in [0.717, 1.165) is 6.42 Å². The molecule has 122 valence electrons. The second-order valence-corrected chi connectivity index (χ2v) is 5.71. The van der Waals surface area contributed by atoms with Gasteiger partial charge >= 0.3 is 0 Å². The monoisotopic (exact) mass is 326 g/mol. The van der Waals surface area contributed by atoms with Crippen LogP contribution < -0.4 is 10.2 Å². The zero-order valence-electron chi connectivity index (χ0n) is 12.8. The van der Waals surface area contributed by atoms with Crippen LogP contribution in [0.1, 0.15) is 16.8 Å². The van der Waals surface area contributed by atoms with Crippen LogP contribution in [0.2, 0.25) is 0 Å². The number of pyridine rings is 1. The van der Waals surface area contributed by atoms with Gasteiger partial charge in [-0.15, -0.1) is 0 Å². The molecule has 1 unspecified atom stereocenters. The molecule has 0 radical (unpaired) electrons. The van der Waals surface area contributed by atoms with Gasteiger partial charge in [0.15, 0.2) is 5.58 Å². The molecule has 0 bridgehead atoms. The van der Waals surface area contributed by atoms with Crippen molar-refractivity contribution in [1.29, 1.82) is 0 Å². The van der Waals surface area contributed by atoms with Crippen molar-refractivity contribution < 1.29 is 13.6 Å². The quantitative estimate of drug-likeness (QED) is 0.800. The smallest absolute Gasteiger partial charge is 0.300 e. The maximum absolute atomic E-state index is 13.7. The summed E-state index contributed by atoms with van der Waals surface area (Å²) in [6.07, 6.45) is 2.41. The SMILES string of the molecule is O=C(NC1CCN(c2nc3ncccc3o2)C1)c1ccccc1F. The number of nitrogens with one attached hydrogen (secondary N) is 1. The molecule has 0 saturated carbocycles. The number of amides is 1. The van der Waals surface area contributed by atoms with Crippen molar-refractivity contribution in [2.45, 2.75) is 12.5 Å². The Hall–Kier alpha value is -2.96. The van der Waals surface area contributed by atoms with E-state index in [1.165, 1.54) is 12.1 Å². The number of hydrogen-bond donors (Lipinski definition) is 1. The Labute approximate surface area is 137 Å². The number of carbonyl (C=O) groups excluding carboxylic acids is 1. The minimum Gasteiger partial charge on any atom is -0.422 e. The van der Waals surface area contributed by atoms with E-state index in [1.807, 2.05) is 11.0 Å². The van der Waals surface area contributed by atoms with E-state index in [4.69, 9.17) is 4.42 Å². The van der Waals surface area contributed by atoms with Crippen molar-refractivity contribution in [3.8, 4) is 0 Å². The molecule has 3 heterocycles. The van der Waals surface area contributed by atoms with Crippen molar-refractivity contribution in [2.24, 2.45) is 0 Å². The highest BCUT2D eigenvalue weighted by molar-refractivity contribution is 5.94. The summed E-state index contributed by atoms with van der Waals surface area (Å²) in [4.78, 5) is 22.6. The van der Waals surface area contributed by atoms with Crippen LogP contribution in [0.25, 0.3) is 11.2 Å². The normalized spacial score (nSPS) is 17.4. The number of anilines is 1. The predicted molar refractivity (Wildman–Crippen MR) is 86.3 cm³/mol. The molecule has 1 fully saturated rings. The molecule has 1 aromatic carbocycles. The summed E-state index contributed by atoms with van der Waals surface area (Å²) in [7, 11) is 0. The molecule has 0 spiro atoms. The largest absolute Gasteiger partial charge is 0.422 e. The van der Waals surface area contributed by atoms with Crippen LogP contribution in [0.3, 0.4) is 0 Å². The van der Waals surface area contributed by atoms with Crippen LogP contribution in [-0.4, -0.2) is 35.0 Å². The predicted octanol–water partition coefficient (Wildman–Crippen LogP) is 2.37. The van der Waals surface area contributed by atoms with Crippen LogP contribution >= 0.6 is 0 Å². The van der Waals surface area contributed by atoms with Crippen molar-refractivity contribution in [3.05, 3.63) is 54.0 Å². The highest BCUT2D eigenvalue weighted by Crippen LogP contribution is 2.23. The third kappa shape index (κ3) is 2.68. The molecule has 1 amide bonds. The molecule has 6 nitrogen and oxygen atoms in total. The van der Waals surface area contributed by atoms with Gasteiger partial charge in [0.2, 0.25) is 5.65 Å². The van der Waals surface area contributed by atoms with E-state index >= 15 is 0 Å². The summed E-state index contributed by atoms with van der Waals surface area (Å²) in [5.74, 6) is -0.922. The van der Waals surface area contributed by atoms with Crippen molar-refractivity contribution in [3.63, 3.8) is 0 Å². The number of benzene rings is 1. The van der Waals surface area contributed by atoms with Gasteiger partial charge in [0.1, 0.15) is 5.82 Å². The van der Waals surface area contributed by atoms with Gasteiger partial charge in [-0.3, -0.25) is 4.79 Å². The first-order chi connectivity index (χ1) is 11.7. The zero-order valence-corrected chi connectivity index (χ0v) is 12.8. The summed E-state index contributed by atoms with van der Waals surface area (Å²) < 4.78 is 19.4. The van der Waals surface area contributed by atoms with Gasteiger partial charge in [0.05, 0.1) is 5.56 Å². The summed E-state index contributed by atoms with van der Waals surface area (Å²) in [5, 5.41) is 2.86. The Morgan fingerprint density at radius 2 is 2.17 bits per heavy atom. The minimum atomic E-state index is -0.519. The lowest BCUT2D eigenvalue weighted by Crippen LogP contribution is -2.37. The fraction of sp³-hybridized carbons (Fsp3) is 0.235. The van der Waals surface area contributed by atoms with Crippen molar-refractivity contribution in [2.75, 3.05) is 18.0 Å². The third-order valence-electron chi connectivity index (χ3n) is 4.07. The van der Waals surface area contributed by atoms with Gasteiger partial charge in [0.25, 0.3) is 11.9 Å². The molecule has 24 heavy (non-hydrogen) atoms. The van der Waals surface area contributed by atoms with E-state index in [2.05, 4.69) is 15.3 Å². The highest BCUT2D eigenvalue weighted by Gasteiger charge is 2.28. The second kappa shape index (κ2) is 5.92. The first-order valence-electron chi connectivity index (χ1n) is 7.72. The number of nitrogens with zero attached hydrogens (tertiary/aromatic N) is 3. The highest BCUT2D eigenvalue weighted by atomic mass is 19.1. The van der Waals surface area contributed by atoms with E-state index < -0.39 is 11.7 Å². The Morgan fingerprint density at radius 1 is 1.29 bits per heavy atom. The first-order valence-corrected chi connectivity index (χ1v) is 7.72. The van der Waals surface area contributed by atoms with Gasteiger partial charge in [0, 0.05) is 25.3 Å². The van der Waals surface area contributed by atoms with Gasteiger partial charge in [-0.2, -0.15) is 4.98 Å². The van der Waals surface area contributed by atoms with E-state index in [1.54, 1.807) is 24.4 Å². The van der Waals surface area contributed by atoms with Crippen molar-refractivity contribution in [1.82, 2.24) is 15.3 Å². The van der Waals surface area contributed by atoms with Gasteiger partial charge in [-0.1, -0.05) is 12.1 Å². The lowest BCUT2D eigenvalue weighted by Gasteiger charge is -2.15. The Morgan fingerprint density at radius 3 is 3.00 bits per heavy atom. The van der Waals surface area contributed by atoms with Gasteiger partial charge < -0.3 is 14.6 Å². The lowest BCUT2D eigenvalue weighted by molar-refractivity contribution is 0.0936. The molecule has 2 aromatic heterocycles. The molecule has 3 aromatic rings. The summed E-state index contributed by atoms with van der Waals surface area (Å²) in [6, 6.07) is 9.97. The molecule has 4 rings (SSSR count). The average molecular weight is 326 g/mol. The third-order valence-corrected chi connectivity index (χ3v) is 4.07. The molecule has 1 aliphatic rings. The summed E-state index contributed by atoms with van der Waals surface area (Å²) >= 11 is 0. The zero-order chi connectivity index (χ0) is 16.5. The Balaban J connectivity index is 1.45. The fourth-order valence-corrected chi connectivity index (χ4v) is 2.85. The number of halogens is 1. The summed E-state index contributed by atoms with van der Waals surface area (Å²) in [5.41, 5.74) is 1.25. The van der Waals surface area contributed by atoms with Crippen LogP contribution in [-0.2, 0) is 0 Å².